The minimum absolute atomic E-state index is 0.740. The molecule has 2 aliphatic heterocycles. The lowest BCUT2D eigenvalue weighted by atomic mass is 10.2. The normalized spacial score (nSPS) is 28.9. The lowest BCUT2D eigenvalue weighted by Gasteiger charge is -2.35. The Hall–Kier alpha value is -0.120. The fraction of sp³-hybridized carbons (Fsp3) is 1.00. The molecular weight excluding hydrogens is 198 g/mol. The Morgan fingerprint density at radius 3 is 2.00 bits per heavy atom. The molecule has 0 bridgehead atoms. The first-order chi connectivity index (χ1) is 7.63. The first-order valence-electron chi connectivity index (χ1n) is 6.74. The van der Waals surface area contributed by atoms with Gasteiger partial charge in [0, 0.05) is 25.7 Å². The first kappa shape index (κ1) is 13.9. The van der Waals surface area contributed by atoms with Crippen molar-refractivity contribution in [1.29, 1.82) is 0 Å². The number of likely N-dealkylation sites (tertiary alicyclic amines) is 1. The summed E-state index contributed by atoms with van der Waals surface area (Å²) in [5.41, 5.74) is 0. The van der Waals surface area contributed by atoms with E-state index >= 15 is 0 Å². The van der Waals surface area contributed by atoms with Crippen LogP contribution in [0, 0.1) is 0 Å². The van der Waals surface area contributed by atoms with Gasteiger partial charge in [-0.1, -0.05) is 6.92 Å². The number of piperazine rings is 1. The quantitative estimate of drug-likeness (QED) is 0.669. The standard InChI is InChI=1S/C7H16N2.C6H13N/c1-7-6-8(2)4-5-9(7)3;1-2-7-5-3-4-6-7/h7H,4-6H2,1-3H3;2-6H2,1H3/t7-;/m1./s1. The molecule has 2 rings (SSSR count). The fourth-order valence-corrected chi connectivity index (χ4v) is 2.33. The van der Waals surface area contributed by atoms with Crippen LogP contribution in [0.25, 0.3) is 0 Å². The van der Waals surface area contributed by atoms with Gasteiger partial charge in [0.05, 0.1) is 0 Å². The summed E-state index contributed by atoms with van der Waals surface area (Å²) >= 11 is 0. The molecule has 16 heavy (non-hydrogen) atoms. The van der Waals surface area contributed by atoms with Crippen LogP contribution in [-0.2, 0) is 0 Å². The van der Waals surface area contributed by atoms with Gasteiger partial charge in [0.25, 0.3) is 0 Å². The molecule has 0 aromatic heterocycles. The Bertz CT molecular complexity index is 178. The van der Waals surface area contributed by atoms with Gasteiger partial charge in [-0.3, -0.25) is 0 Å². The molecule has 3 nitrogen and oxygen atoms in total. The molecule has 0 amide bonds. The highest BCUT2D eigenvalue weighted by Crippen LogP contribution is 2.05. The third-order valence-corrected chi connectivity index (χ3v) is 3.81. The molecule has 96 valence electrons. The molecule has 0 N–H and O–H groups in total. The van der Waals surface area contributed by atoms with Crippen molar-refractivity contribution in [3.8, 4) is 0 Å². The van der Waals surface area contributed by atoms with Crippen LogP contribution in [0.1, 0.15) is 26.7 Å². The number of hydrogen-bond donors (Lipinski definition) is 0. The van der Waals surface area contributed by atoms with Crippen molar-refractivity contribution in [2.75, 3.05) is 53.4 Å². The number of hydrogen-bond acceptors (Lipinski definition) is 3. The zero-order valence-electron chi connectivity index (χ0n) is 11.6. The van der Waals surface area contributed by atoms with Crippen LogP contribution in [0.15, 0.2) is 0 Å². The maximum Gasteiger partial charge on any atom is 0.0192 e. The predicted molar refractivity (Wildman–Crippen MR) is 70.9 cm³/mol. The summed E-state index contributed by atoms with van der Waals surface area (Å²) in [7, 11) is 4.38. The Morgan fingerprint density at radius 2 is 1.62 bits per heavy atom. The molecular formula is C13H29N3. The van der Waals surface area contributed by atoms with E-state index in [-0.39, 0.29) is 0 Å². The molecule has 0 unspecified atom stereocenters. The Morgan fingerprint density at radius 1 is 1.00 bits per heavy atom. The summed E-state index contributed by atoms with van der Waals surface area (Å²) in [6, 6.07) is 0.740. The van der Waals surface area contributed by atoms with E-state index < -0.39 is 0 Å². The van der Waals surface area contributed by atoms with Crippen LogP contribution in [0.3, 0.4) is 0 Å². The molecule has 2 heterocycles. The third kappa shape index (κ3) is 4.81. The van der Waals surface area contributed by atoms with Crippen molar-refractivity contribution in [1.82, 2.24) is 14.7 Å². The van der Waals surface area contributed by atoms with Gasteiger partial charge in [0.1, 0.15) is 0 Å². The monoisotopic (exact) mass is 227 g/mol. The van der Waals surface area contributed by atoms with Gasteiger partial charge < -0.3 is 14.7 Å². The van der Waals surface area contributed by atoms with Crippen molar-refractivity contribution >= 4 is 0 Å². The highest BCUT2D eigenvalue weighted by atomic mass is 15.3. The van der Waals surface area contributed by atoms with Crippen molar-refractivity contribution in [3.05, 3.63) is 0 Å². The van der Waals surface area contributed by atoms with Gasteiger partial charge in [-0.2, -0.15) is 0 Å². The van der Waals surface area contributed by atoms with Crippen molar-refractivity contribution in [2.45, 2.75) is 32.7 Å². The summed E-state index contributed by atoms with van der Waals surface area (Å²) in [5.74, 6) is 0. The molecule has 2 aliphatic rings. The van der Waals surface area contributed by atoms with Gasteiger partial charge in [-0.25, -0.2) is 0 Å². The lowest BCUT2D eigenvalue weighted by molar-refractivity contribution is 0.125. The minimum atomic E-state index is 0.740. The topological polar surface area (TPSA) is 9.72 Å². The fourth-order valence-electron chi connectivity index (χ4n) is 2.33. The van der Waals surface area contributed by atoms with E-state index in [0.717, 1.165) is 6.04 Å². The van der Waals surface area contributed by atoms with E-state index in [1.807, 2.05) is 0 Å². The second-order valence-corrected chi connectivity index (χ2v) is 5.23. The van der Waals surface area contributed by atoms with E-state index in [0.29, 0.717) is 0 Å². The van der Waals surface area contributed by atoms with Crippen LogP contribution in [0.5, 0.6) is 0 Å². The molecule has 0 saturated carbocycles. The van der Waals surface area contributed by atoms with Gasteiger partial charge in [0.15, 0.2) is 0 Å². The lowest BCUT2D eigenvalue weighted by Crippen LogP contribution is -2.48. The summed E-state index contributed by atoms with van der Waals surface area (Å²) in [4.78, 5) is 7.27. The van der Waals surface area contributed by atoms with Crippen LogP contribution in [0.2, 0.25) is 0 Å². The maximum absolute atomic E-state index is 2.49. The van der Waals surface area contributed by atoms with Gasteiger partial charge in [-0.15, -0.1) is 0 Å². The zero-order chi connectivity index (χ0) is 12.0. The molecule has 0 aliphatic carbocycles. The van der Waals surface area contributed by atoms with Crippen molar-refractivity contribution in [3.63, 3.8) is 0 Å². The number of likely N-dealkylation sites (N-methyl/N-ethyl adjacent to an activating group) is 2. The molecule has 2 saturated heterocycles. The third-order valence-electron chi connectivity index (χ3n) is 3.81. The SMILES string of the molecule is CCN1CCCC1.C[C@@H]1CN(C)CCN1C. The Labute approximate surface area is 101 Å². The van der Waals surface area contributed by atoms with Gasteiger partial charge >= 0.3 is 0 Å². The maximum atomic E-state index is 2.49. The van der Waals surface area contributed by atoms with Gasteiger partial charge in [0.2, 0.25) is 0 Å². The summed E-state index contributed by atoms with van der Waals surface area (Å²) in [6.07, 6.45) is 2.85. The van der Waals surface area contributed by atoms with Crippen molar-refractivity contribution < 1.29 is 0 Å². The molecule has 0 aromatic carbocycles. The van der Waals surface area contributed by atoms with E-state index in [2.05, 4.69) is 42.6 Å². The predicted octanol–water partition coefficient (Wildman–Crippen LogP) is 1.35. The second kappa shape index (κ2) is 7.25. The summed E-state index contributed by atoms with van der Waals surface area (Å²) in [5, 5.41) is 0. The molecule has 1 atom stereocenters. The second-order valence-electron chi connectivity index (χ2n) is 5.23. The van der Waals surface area contributed by atoms with E-state index in [4.69, 9.17) is 0 Å². The van der Waals surface area contributed by atoms with E-state index in [1.165, 1.54) is 52.1 Å². The van der Waals surface area contributed by atoms with Crippen LogP contribution >= 0.6 is 0 Å². The highest BCUT2D eigenvalue weighted by Gasteiger charge is 2.16. The van der Waals surface area contributed by atoms with Gasteiger partial charge in [-0.05, 0) is 53.5 Å². The average Bonchev–Trinajstić information content (AvgIpc) is 2.77. The van der Waals surface area contributed by atoms with Crippen molar-refractivity contribution in [2.24, 2.45) is 0 Å². The van der Waals surface area contributed by atoms with Crippen LogP contribution in [0.4, 0.5) is 0 Å². The van der Waals surface area contributed by atoms with E-state index in [1.54, 1.807) is 0 Å². The smallest absolute Gasteiger partial charge is 0.0192 e. The summed E-state index contributed by atoms with van der Waals surface area (Å²) in [6.45, 7) is 12.1. The average molecular weight is 227 g/mol. The highest BCUT2D eigenvalue weighted by molar-refractivity contribution is 4.73. The van der Waals surface area contributed by atoms with E-state index in [9.17, 15) is 0 Å². The first-order valence-corrected chi connectivity index (χ1v) is 6.74. The zero-order valence-corrected chi connectivity index (χ0v) is 11.6. The molecule has 0 aromatic rings. The Balaban J connectivity index is 0.000000165. The minimum Gasteiger partial charge on any atom is -0.304 e. The molecule has 0 spiro atoms. The number of rotatable bonds is 1. The Kier molecular flexibility index (Phi) is 6.32. The molecule has 0 radical (unpaired) electrons. The van der Waals surface area contributed by atoms with Crippen LogP contribution < -0.4 is 0 Å². The molecule has 2 fully saturated rings. The number of nitrogens with zero attached hydrogens (tertiary/aromatic N) is 3. The summed E-state index contributed by atoms with van der Waals surface area (Å²) < 4.78 is 0. The van der Waals surface area contributed by atoms with Crippen LogP contribution in [-0.4, -0.2) is 74.1 Å². The molecule has 3 heteroatoms. The largest absolute Gasteiger partial charge is 0.304 e.